The highest BCUT2D eigenvalue weighted by Gasteiger charge is 2.30. The van der Waals surface area contributed by atoms with Gasteiger partial charge in [0.15, 0.2) is 9.84 Å². The molecule has 0 unspecified atom stereocenters. The van der Waals surface area contributed by atoms with E-state index in [4.69, 9.17) is 4.74 Å². The van der Waals surface area contributed by atoms with E-state index in [0.29, 0.717) is 42.9 Å². The number of sulfone groups is 1. The normalized spacial score (nSPS) is 14.9. The van der Waals surface area contributed by atoms with Crippen molar-refractivity contribution in [3.8, 4) is 0 Å². The van der Waals surface area contributed by atoms with Crippen molar-refractivity contribution in [2.45, 2.75) is 63.5 Å². The number of hydrogen-bond acceptors (Lipinski definition) is 6. The summed E-state index contributed by atoms with van der Waals surface area (Å²) < 4.78 is 33.0. The second kappa shape index (κ2) is 11.1. The number of aromatic nitrogens is 2. The van der Waals surface area contributed by atoms with Gasteiger partial charge in [0, 0.05) is 37.9 Å². The van der Waals surface area contributed by atoms with Gasteiger partial charge in [-0.15, -0.1) is 0 Å². The van der Waals surface area contributed by atoms with Crippen molar-refractivity contribution in [2.75, 3.05) is 18.8 Å². The molecule has 8 nitrogen and oxygen atoms in total. The minimum absolute atomic E-state index is 0.0157. The maximum atomic E-state index is 13.3. The summed E-state index contributed by atoms with van der Waals surface area (Å²) in [5, 5.41) is 0. The van der Waals surface area contributed by atoms with Gasteiger partial charge in [-0.05, 0) is 64.8 Å². The SMILES string of the molecule is Cc1ccc(S(=O)(=O)CCn2ccnc2C2CCN(C(=O)c3ccccc3C(=O)OC(C)(C)C)CC2)cc1. The van der Waals surface area contributed by atoms with E-state index in [-0.39, 0.29) is 23.1 Å². The Morgan fingerprint density at radius 2 is 1.63 bits per heavy atom. The average Bonchev–Trinajstić information content (AvgIpc) is 3.35. The summed E-state index contributed by atoms with van der Waals surface area (Å²) in [4.78, 5) is 32.7. The van der Waals surface area contributed by atoms with Gasteiger partial charge in [0.2, 0.25) is 0 Å². The van der Waals surface area contributed by atoms with Gasteiger partial charge in [0.1, 0.15) is 11.4 Å². The number of esters is 1. The van der Waals surface area contributed by atoms with Crippen molar-refractivity contribution in [3.05, 3.63) is 83.4 Å². The first-order valence-corrected chi connectivity index (χ1v) is 14.5. The molecule has 1 aromatic heterocycles. The highest BCUT2D eigenvalue weighted by molar-refractivity contribution is 7.91. The van der Waals surface area contributed by atoms with Crippen molar-refractivity contribution in [3.63, 3.8) is 0 Å². The highest BCUT2D eigenvalue weighted by atomic mass is 32.2. The summed E-state index contributed by atoms with van der Waals surface area (Å²) in [5.41, 5.74) is 0.953. The van der Waals surface area contributed by atoms with E-state index in [1.54, 1.807) is 80.4 Å². The molecule has 0 spiro atoms. The number of carbonyl (C=O) groups is 2. The lowest BCUT2D eigenvalue weighted by Crippen LogP contribution is -2.39. The Bertz CT molecular complexity index is 1400. The van der Waals surface area contributed by atoms with Gasteiger partial charge in [-0.2, -0.15) is 0 Å². The molecule has 2 heterocycles. The molecule has 0 aliphatic carbocycles. The van der Waals surface area contributed by atoms with Crippen molar-refractivity contribution < 1.29 is 22.7 Å². The third kappa shape index (κ3) is 6.51. The van der Waals surface area contributed by atoms with Crippen LogP contribution in [0.3, 0.4) is 0 Å². The predicted octanol–water partition coefficient (Wildman–Crippen LogP) is 4.64. The van der Waals surface area contributed by atoms with Gasteiger partial charge in [0.05, 0.1) is 21.8 Å². The Balaban J connectivity index is 1.40. The van der Waals surface area contributed by atoms with Crippen LogP contribution in [-0.4, -0.2) is 59.2 Å². The number of ether oxygens (including phenoxy) is 1. The van der Waals surface area contributed by atoms with Crippen LogP contribution in [0, 0.1) is 6.92 Å². The molecule has 3 aromatic rings. The fourth-order valence-electron chi connectivity index (χ4n) is 4.64. The largest absolute Gasteiger partial charge is 0.456 e. The summed E-state index contributed by atoms with van der Waals surface area (Å²) >= 11 is 0. The Hall–Kier alpha value is -3.46. The molecule has 1 aliphatic heterocycles. The second-order valence-electron chi connectivity index (χ2n) is 10.7. The molecular weight excluding hydrogens is 502 g/mol. The summed E-state index contributed by atoms with van der Waals surface area (Å²) in [7, 11) is -3.41. The van der Waals surface area contributed by atoms with Crippen LogP contribution in [0.15, 0.2) is 65.8 Å². The lowest BCUT2D eigenvalue weighted by Gasteiger charge is -2.32. The Kier molecular flexibility index (Phi) is 8.06. The molecule has 1 aliphatic rings. The highest BCUT2D eigenvalue weighted by Crippen LogP contribution is 2.29. The first kappa shape index (κ1) is 27.6. The zero-order chi connectivity index (χ0) is 27.5. The molecule has 1 amide bonds. The standard InChI is InChI=1S/C29H35N3O5S/c1-21-9-11-23(12-10-21)38(35,36)20-19-31-18-15-30-26(31)22-13-16-32(17-14-22)27(33)24-7-5-6-8-25(24)28(34)37-29(2,3)4/h5-12,15,18,22H,13-14,16-17,19-20H2,1-4H3. The third-order valence-corrected chi connectivity index (χ3v) is 8.36. The maximum Gasteiger partial charge on any atom is 0.339 e. The summed E-state index contributed by atoms with van der Waals surface area (Å²) in [5.74, 6) is 0.219. The van der Waals surface area contributed by atoms with Crippen molar-refractivity contribution >= 4 is 21.7 Å². The van der Waals surface area contributed by atoms with Crippen molar-refractivity contribution in [1.82, 2.24) is 14.5 Å². The van der Waals surface area contributed by atoms with E-state index >= 15 is 0 Å². The van der Waals surface area contributed by atoms with Crippen LogP contribution < -0.4 is 0 Å². The van der Waals surface area contributed by atoms with Crippen molar-refractivity contribution in [2.24, 2.45) is 0 Å². The minimum atomic E-state index is -3.41. The Labute approximate surface area is 224 Å². The number of aryl methyl sites for hydroxylation is 2. The van der Waals surface area contributed by atoms with E-state index < -0.39 is 21.4 Å². The minimum Gasteiger partial charge on any atom is -0.456 e. The van der Waals surface area contributed by atoms with Gasteiger partial charge in [0.25, 0.3) is 5.91 Å². The molecule has 0 saturated carbocycles. The second-order valence-corrected chi connectivity index (χ2v) is 12.8. The lowest BCUT2D eigenvalue weighted by molar-refractivity contribution is 0.00664. The summed E-state index contributed by atoms with van der Waals surface area (Å²) in [6.45, 7) is 8.65. The summed E-state index contributed by atoms with van der Waals surface area (Å²) in [6, 6.07) is 13.6. The number of rotatable bonds is 7. The molecule has 202 valence electrons. The zero-order valence-corrected chi connectivity index (χ0v) is 23.2. The van der Waals surface area contributed by atoms with Crippen LogP contribution in [0.2, 0.25) is 0 Å². The van der Waals surface area contributed by atoms with E-state index in [2.05, 4.69) is 4.98 Å². The van der Waals surface area contributed by atoms with Gasteiger partial charge >= 0.3 is 5.97 Å². The molecule has 0 bridgehead atoms. The number of amides is 1. The fraction of sp³-hybridized carbons (Fsp3) is 0.414. The number of likely N-dealkylation sites (tertiary alicyclic amines) is 1. The average molecular weight is 538 g/mol. The van der Waals surface area contributed by atoms with Crippen LogP contribution in [0.4, 0.5) is 0 Å². The first-order valence-electron chi connectivity index (χ1n) is 12.9. The molecule has 4 rings (SSSR count). The van der Waals surface area contributed by atoms with E-state index in [0.717, 1.165) is 11.4 Å². The molecule has 2 aromatic carbocycles. The Morgan fingerprint density at radius 1 is 1.00 bits per heavy atom. The van der Waals surface area contributed by atoms with E-state index in [9.17, 15) is 18.0 Å². The van der Waals surface area contributed by atoms with Crippen LogP contribution in [0.5, 0.6) is 0 Å². The molecule has 0 atom stereocenters. The van der Waals surface area contributed by atoms with Gasteiger partial charge in [-0.1, -0.05) is 29.8 Å². The van der Waals surface area contributed by atoms with Crippen LogP contribution in [-0.2, 0) is 21.1 Å². The smallest absolute Gasteiger partial charge is 0.339 e. The molecule has 0 radical (unpaired) electrons. The lowest BCUT2D eigenvalue weighted by atomic mass is 9.95. The van der Waals surface area contributed by atoms with Crippen LogP contribution in [0.25, 0.3) is 0 Å². The molecule has 9 heteroatoms. The Morgan fingerprint density at radius 3 is 2.26 bits per heavy atom. The monoisotopic (exact) mass is 537 g/mol. The van der Waals surface area contributed by atoms with Crippen LogP contribution in [0.1, 0.15) is 71.6 Å². The number of carbonyl (C=O) groups excluding carboxylic acids is 2. The van der Waals surface area contributed by atoms with Crippen LogP contribution >= 0.6 is 0 Å². The molecule has 38 heavy (non-hydrogen) atoms. The number of imidazole rings is 1. The topological polar surface area (TPSA) is 98.6 Å². The summed E-state index contributed by atoms with van der Waals surface area (Å²) in [6.07, 6.45) is 4.90. The third-order valence-electron chi connectivity index (χ3n) is 6.65. The predicted molar refractivity (Wildman–Crippen MR) is 145 cm³/mol. The van der Waals surface area contributed by atoms with E-state index in [1.807, 2.05) is 17.7 Å². The fourth-order valence-corrected chi connectivity index (χ4v) is 5.87. The quantitative estimate of drug-likeness (QED) is 0.407. The number of nitrogens with zero attached hydrogens (tertiary/aromatic N) is 3. The maximum absolute atomic E-state index is 13.3. The number of benzene rings is 2. The molecule has 0 N–H and O–H groups in total. The molecule has 1 fully saturated rings. The van der Waals surface area contributed by atoms with E-state index in [1.165, 1.54) is 0 Å². The van der Waals surface area contributed by atoms with Gasteiger partial charge in [-0.25, -0.2) is 18.2 Å². The molecule has 1 saturated heterocycles. The number of piperidine rings is 1. The first-order chi connectivity index (χ1) is 17.9. The van der Waals surface area contributed by atoms with Gasteiger partial charge in [-0.3, -0.25) is 4.79 Å². The van der Waals surface area contributed by atoms with Crippen molar-refractivity contribution in [1.29, 1.82) is 0 Å². The zero-order valence-electron chi connectivity index (χ0n) is 22.4. The number of hydrogen-bond donors (Lipinski definition) is 0. The molecular formula is C29H35N3O5S. The van der Waals surface area contributed by atoms with Gasteiger partial charge < -0.3 is 14.2 Å².